The number of urea groups is 1. The molecule has 7 heteroatoms. The lowest BCUT2D eigenvalue weighted by Gasteiger charge is -2.22. The number of rotatable bonds is 2. The molecule has 0 saturated heterocycles. The minimum atomic E-state index is -0.790. The van der Waals surface area contributed by atoms with Crippen LogP contribution in [0.5, 0.6) is 0 Å². The molecule has 2 aromatic rings. The maximum Gasteiger partial charge on any atom is 0.424 e. The zero-order valence-corrected chi connectivity index (χ0v) is 12.8. The minimum Gasteiger partial charge on any atom is -0.452 e. The van der Waals surface area contributed by atoms with E-state index in [1.807, 2.05) is 30.4 Å². The SMILES string of the molecule is COC(=O)N(C(=O)NC1C=CCCC1)c1nc2ccccc2[nH]1. The Morgan fingerprint density at radius 3 is 2.91 bits per heavy atom. The fourth-order valence-electron chi connectivity index (χ4n) is 2.56. The number of carbonyl (C=O) groups excluding carboxylic acids is 2. The lowest BCUT2D eigenvalue weighted by molar-refractivity contribution is 0.177. The third kappa shape index (κ3) is 3.18. The van der Waals surface area contributed by atoms with Gasteiger partial charge in [-0.1, -0.05) is 24.3 Å². The largest absolute Gasteiger partial charge is 0.452 e. The zero-order valence-electron chi connectivity index (χ0n) is 12.8. The summed E-state index contributed by atoms with van der Waals surface area (Å²) in [5.74, 6) is 0.135. The fourth-order valence-corrected chi connectivity index (χ4v) is 2.56. The Bertz CT molecular complexity index is 720. The predicted octanol–water partition coefficient (Wildman–Crippen LogP) is 2.95. The van der Waals surface area contributed by atoms with Crippen LogP contribution in [0.3, 0.4) is 0 Å². The van der Waals surface area contributed by atoms with Crippen molar-refractivity contribution in [3.63, 3.8) is 0 Å². The molecule has 2 N–H and O–H groups in total. The molecule has 1 unspecified atom stereocenters. The number of H-pyrrole nitrogens is 1. The van der Waals surface area contributed by atoms with Crippen molar-refractivity contribution >= 4 is 29.1 Å². The molecule has 1 aromatic carbocycles. The van der Waals surface area contributed by atoms with Crippen LogP contribution in [-0.2, 0) is 4.74 Å². The Balaban J connectivity index is 1.87. The van der Waals surface area contributed by atoms with Gasteiger partial charge in [-0.05, 0) is 31.4 Å². The van der Waals surface area contributed by atoms with Gasteiger partial charge in [0.2, 0.25) is 5.95 Å². The number of hydrogen-bond donors (Lipinski definition) is 2. The number of aromatic amines is 1. The Hall–Kier alpha value is -2.83. The number of anilines is 1. The number of carbonyl (C=O) groups is 2. The van der Waals surface area contributed by atoms with Gasteiger partial charge in [0.15, 0.2) is 0 Å². The van der Waals surface area contributed by atoms with Crippen LogP contribution >= 0.6 is 0 Å². The summed E-state index contributed by atoms with van der Waals surface area (Å²) in [6.07, 6.45) is 6.03. The second kappa shape index (κ2) is 6.51. The predicted molar refractivity (Wildman–Crippen MR) is 86.3 cm³/mol. The average molecular weight is 314 g/mol. The number of benzene rings is 1. The van der Waals surface area contributed by atoms with Crippen LogP contribution in [0.4, 0.5) is 15.5 Å². The highest BCUT2D eigenvalue weighted by Gasteiger charge is 2.28. The van der Waals surface area contributed by atoms with Crippen molar-refractivity contribution in [1.82, 2.24) is 15.3 Å². The summed E-state index contributed by atoms with van der Waals surface area (Å²) < 4.78 is 4.72. The Kier molecular flexibility index (Phi) is 4.27. The van der Waals surface area contributed by atoms with Gasteiger partial charge in [0, 0.05) is 6.04 Å². The number of ether oxygens (including phenoxy) is 1. The van der Waals surface area contributed by atoms with Crippen molar-refractivity contribution in [3.8, 4) is 0 Å². The van der Waals surface area contributed by atoms with E-state index in [0.29, 0.717) is 5.52 Å². The second-order valence-corrected chi connectivity index (χ2v) is 5.30. The fraction of sp³-hybridized carbons (Fsp3) is 0.312. The molecule has 0 spiro atoms. The van der Waals surface area contributed by atoms with Gasteiger partial charge in [-0.3, -0.25) is 0 Å². The van der Waals surface area contributed by atoms with E-state index in [-0.39, 0.29) is 12.0 Å². The first-order valence-corrected chi connectivity index (χ1v) is 7.49. The molecule has 0 saturated carbocycles. The first-order chi connectivity index (χ1) is 11.2. The Morgan fingerprint density at radius 1 is 1.39 bits per heavy atom. The Morgan fingerprint density at radius 2 is 2.22 bits per heavy atom. The highest BCUT2D eigenvalue weighted by Crippen LogP contribution is 2.18. The molecule has 1 aliphatic carbocycles. The molecule has 1 aromatic heterocycles. The number of nitrogens with one attached hydrogen (secondary N) is 2. The van der Waals surface area contributed by atoms with Gasteiger partial charge in [0.25, 0.3) is 0 Å². The van der Waals surface area contributed by atoms with E-state index < -0.39 is 12.1 Å². The maximum absolute atomic E-state index is 12.5. The normalized spacial score (nSPS) is 17.0. The maximum atomic E-state index is 12.5. The highest BCUT2D eigenvalue weighted by molar-refractivity contribution is 6.11. The van der Waals surface area contributed by atoms with Crippen LogP contribution < -0.4 is 10.2 Å². The summed E-state index contributed by atoms with van der Waals surface area (Å²) in [5.41, 5.74) is 1.41. The van der Waals surface area contributed by atoms with Gasteiger partial charge in [-0.15, -0.1) is 0 Å². The summed E-state index contributed by atoms with van der Waals surface area (Å²) in [4.78, 5) is 32.7. The number of fused-ring (bicyclic) bond motifs is 1. The molecule has 23 heavy (non-hydrogen) atoms. The molecule has 1 heterocycles. The number of nitrogens with zero attached hydrogens (tertiary/aromatic N) is 2. The molecule has 7 nitrogen and oxygen atoms in total. The molecule has 1 aliphatic rings. The monoisotopic (exact) mass is 314 g/mol. The number of para-hydroxylation sites is 2. The molecular weight excluding hydrogens is 296 g/mol. The van der Waals surface area contributed by atoms with Crippen molar-refractivity contribution in [1.29, 1.82) is 0 Å². The average Bonchev–Trinajstić information content (AvgIpc) is 2.99. The molecule has 1 atom stereocenters. The first kappa shape index (κ1) is 15.1. The number of aromatic nitrogens is 2. The molecule has 0 fully saturated rings. The van der Waals surface area contributed by atoms with Gasteiger partial charge >= 0.3 is 12.1 Å². The van der Waals surface area contributed by atoms with E-state index in [4.69, 9.17) is 4.74 Å². The minimum absolute atomic E-state index is 0.0900. The summed E-state index contributed by atoms with van der Waals surface area (Å²) >= 11 is 0. The molecular formula is C16H18N4O3. The van der Waals surface area contributed by atoms with Crippen molar-refractivity contribution in [2.75, 3.05) is 12.0 Å². The van der Waals surface area contributed by atoms with Gasteiger partial charge in [0.05, 0.1) is 18.1 Å². The summed E-state index contributed by atoms with van der Waals surface area (Å²) in [5, 5.41) is 2.82. The highest BCUT2D eigenvalue weighted by atomic mass is 16.5. The molecule has 0 aliphatic heterocycles. The summed E-state index contributed by atoms with van der Waals surface area (Å²) in [6, 6.07) is 6.65. The van der Waals surface area contributed by atoms with E-state index in [0.717, 1.165) is 29.7 Å². The van der Waals surface area contributed by atoms with Gasteiger partial charge in [0.1, 0.15) is 0 Å². The van der Waals surface area contributed by atoms with Crippen LogP contribution in [0, 0.1) is 0 Å². The van der Waals surface area contributed by atoms with Crippen molar-refractivity contribution in [2.45, 2.75) is 25.3 Å². The van der Waals surface area contributed by atoms with Gasteiger partial charge in [-0.2, -0.15) is 4.90 Å². The zero-order chi connectivity index (χ0) is 16.2. The van der Waals surface area contributed by atoms with Crippen LogP contribution in [0.25, 0.3) is 11.0 Å². The van der Waals surface area contributed by atoms with Crippen LogP contribution in [0.15, 0.2) is 36.4 Å². The third-order valence-corrected chi connectivity index (χ3v) is 3.71. The van der Waals surface area contributed by atoms with Crippen LogP contribution in [0.2, 0.25) is 0 Å². The molecule has 3 amide bonds. The van der Waals surface area contributed by atoms with Crippen LogP contribution in [-0.4, -0.2) is 35.2 Å². The van der Waals surface area contributed by atoms with E-state index in [1.165, 1.54) is 7.11 Å². The number of allylic oxidation sites excluding steroid dienone is 1. The number of amides is 3. The summed E-state index contributed by atoms with van der Waals surface area (Å²) in [6.45, 7) is 0. The van der Waals surface area contributed by atoms with E-state index in [1.54, 1.807) is 6.07 Å². The van der Waals surface area contributed by atoms with Crippen LogP contribution in [0.1, 0.15) is 19.3 Å². The second-order valence-electron chi connectivity index (χ2n) is 5.30. The number of hydrogen-bond acceptors (Lipinski definition) is 4. The van der Waals surface area contributed by atoms with E-state index in [2.05, 4.69) is 15.3 Å². The quantitative estimate of drug-likeness (QED) is 0.834. The van der Waals surface area contributed by atoms with Crippen molar-refractivity contribution < 1.29 is 14.3 Å². The van der Waals surface area contributed by atoms with E-state index in [9.17, 15) is 9.59 Å². The molecule has 3 rings (SSSR count). The van der Waals surface area contributed by atoms with Crippen molar-refractivity contribution in [2.24, 2.45) is 0 Å². The molecule has 0 radical (unpaired) electrons. The van der Waals surface area contributed by atoms with Gasteiger partial charge in [-0.25, -0.2) is 14.6 Å². The standard InChI is InChI=1S/C16H18N4O3/c1-23-16(22)20(15(21)17-11-7-3-2-4-8-11)14-18-12-9-5-6-10-13(12)19-14/h3,5-7,9-11H,2,4,8H2,1H3,(H,17,21)(H,18,19). The van der Waals surface area contributed by atoms with E-state index >= 15 is 0 Å². The number of imide groups is 1. The number of methoxy groups -OCH3 is 1. The van der Waals surface area contributed by atoms with Gasteiger partial charge < -0.3 is 15.0 Å². The molecule has 120 valence electrons. The third-order valence-electron chi connectivity index (χ3n) is 3.71. The molecule has 0 bridgehead atoms. The lowest BCUT2D eigenvalue weighted by atomic mass is 10.0. The lowest BCUT2D eigenvalue weighted by Crippen LogP contribution is -2.48. The smallest absolute Gasteiger partial charge is 0.424 e. The summed E-state index contributed by atoms with van der Waals surface area (Å²) in [7, 11) is 1.23. The topological polar surface area (TPSA) is 87.3 Å². The van der Waals surface area contributed by atoms with Crippen molar-refractivity contribution in [3.05, 3.63) is 36.4 Å². The Labute approximate surface area is 133 Å². The number of imidazole rings is 1. The first-order valence-electron chi connectivity index (χ1n) is 7.49.